The normalized spacial score (nSPS) is 16.1. The van der Waals surface area contributed by atoms with Gasteiger partial charge in [-0.1, -0.05) is 104 Å². The van der Waals surface area contributed by atoms with E-state index in [9.17, 15) is 14.4 Å². The molecule has 0 spiro atoms. The molecule has 1 aliphatic rings. The van der Waals surface area contributed by atoms with Gasteiger partial charge in [-0.05, 0) is 26.2 Å². The highest BCUT2D eigenvalue weighted by Crippen LogP contribution is 2.27. The van der Waals surface area contributed by atoms with Gasteiger partial charge >= 0.3 is 5.97 Å². The molecule has 1 fully saturated rings. The average Bonchev–Trinajstić information content (AvgIpc) is 2.98. The zero-order chi connectivity index (χ0) is 26.2. The van der Waals surface area contributed by atoms with Gasteiger partial charge < -0.3 is 5.11 Å². The lowest BCUT2D eigenvalue weighted by Crippen LogP contribution is -2.24. The van der Waals surface area contributed by atoms with Crippen molar-refractivity contribution in [2.75, 3.05) is 24.3 Å². The van der Waals surface area contributed by atoms with E-state index in [0.29, 0.717) is 6.42 Å². The maximum absolute atomic E-state index is 10.8. The van der Waals surface area contributed by atoms with Crippen LogP contribution < -0.4 is 0 Å². The van der Waals surface area contributed by atoms with E-state index < -0.39 is 5.97 Å². The minimum Gasteiger partial charge on any atom is -0.478 e. The van der Waals surface area contributed by atoms with Crippen molar-refractivity contribution in [1.29, 1.82) is 0 Å². The number of rotatable bonds is 11. The van der Waals surface area contributed by atoms with Crippen LogP contribution in [0.15, 0.2) is 11.6 Å². The van der Waals surface area contributed by atoms with Crippen LogP contribution in [-0.2, 0) is 14.4 Å². The fraction of sp³-hybridized carbons (Fsp3) is 0.792. The molecule has 1 aliphatic heterocycles. The maximum atomic E-state index is 10.8. The molecule has 2 unspecified atom stereocenters. The van der Waals surface area contributed by atoms with Gasteiger partial charge in [-0.2, -0.15) is 0 Å². The monoisotopic (exact) mass is 541 g/mol. The number of carboxylic acid groups (broad SMARTS) is 1. The van der Waals surface area contributed by atoms with Gasteiger partial charge in [-0.25, -0.2) is 4.79 Å². The number of carbonyl (C=O) groups is 3. The Kier molecular flexibility index (Phi) is 29.8. The molecular weight excluding hydrogens is 495 g/mol. The lowest BCUT2D eigenvalue weighted by Gasteiger charge is -2.03. The maximum Gasteiger partial charge on any atom is 0.328 e. The minimum atomic E-state index is -0.846. The Morgan fingerprint density at radius 3 is 1.97 bits per heavy atom. The fourth-order valence-electron chi connectivity index (χ4n) is 2.09. The van der Waals surface area contributed by atoms with Crippen molar-refractivity contribution < 1.29 is 19.5 Å². The van der Waals surface area contributed by atoms with Gasteiger partial charge in [0.15, 0.2) is 0 Å². The fourth-order valence-corrected chi connectivity index (χ4v) is 5.92. The van der Waals surface area contributed by atoms with Crippen LogP contribution in [0.2, 0.25) is 0 Å². The predicted octanol–water partition coefficient (Wildman–Crippen LogP) is 7.81. The Labute approximate surface area is 219 Å². The molecule has 5 nitrogen and oxygen atoms in total. The van der Waals surface area contributed by atoms with Crippen molar-refractivity contribution in [3.05, 3.63) is 11.6 Å². The smallest absolute Gasteiger partial charge is 0.328 e. The van der Waals surface area contributed by atoms with Gasteiger partial charge in [0.1, 0.15) is 0 Å². The van der Waals surface area contributed by atoms with Crippen molar-refractivity contribution >= 4 is 61.0 Å². The molecule has 0 aliphatic carbocycles. The van der Waals surface area contributed by atoms with E-state index in [0.717, 1.165) is 23.7 Å². The Hall–Kier alpha value is -0.250. The van der Waals surface area contributed by atoms with Gasteiger partial charge in [-0.3, -0.25) is 14.5 Å². The van der Waals surface area contributed by atoms with Gasteiger partial charge in [0.05, 0.1) is 0 Å². The molecule has 0 aromatic heterocycles. The average molecular weight is 542 g/mol. The first-order valence-electron chi connectivity index (χ1n) is 11.7. The number of carbonyl (C=O) groups excluding carboxylic acids is 2. The molecule has 1 N–H and O–H groups in total. The van der Waals surface area contributed by atoms with Gasteiger partial charge in [-0.15, -0.1) is 0 Å². The van der Waals surface area contributed by atoms with Crippen molar-refractivity contribution in [3.63, 3.8) is 0 Å². The van der Waals surface area contributed by atoms with E-state index in [4.69, 9.17) is 5.11 Å². The highest BCUT2D eigenvalue weighted by molar-refractivity contribution is 8.77. The summed E-state index contributed by atoms with van der Waals surface area (Å²) in [4.78, 5) is 32.7. The van der Waals surface area contributed by atoms with E-state index in [2.05, 4.69) is 34.6 Å². The zero-order valence-corrected chi connectivity index (χ0v) is 25.4. The lowest BCUT2D eigenvalue weighted by molar-refractivity contribution is -0.137. The zero-order valence-electron chi connectivity index (χ0n) is 22.1. The Morgan fingerprint density at radius 1 is 1.09 bits per heavy atom. The van der Waals surface area contributed by atoms with Crippen LogP contribution in [0.25, 0.3) is 0 Å². The van der Waals surface area contributed by atoms with E-state index in [1.807, 2.05) is 57.0 Å². The summed E-state index contributed by atoms with van der Waals surface area (Å²) in [7, 11) is 9.39. The molecule has 0 saturated carbocycles. The van der Waals surface area contributed by atoms with Crippen LogP contribution in [-0.4, -0.2) is 57.3 Å². The van der Waals surface area contributed by atoms with Crippen LogP contribution in [0.3, 0.4) is 0 Å². The summed E-state index contributed by atoms with van der Waals surface area (Å²) in [5.74, 6) is 2.72. The molecule has 196 valence electrons. The number of imide groups is 1. The van der Waals surface area contributed by atoms with Crippen LogP contribution in [0.5, 0.6) is 0 Å². The van der Waals surface area contributed by atoms with Crippen molar-refractivity contribution in [2.45, 2.75) is 92.7 Å². The summed E-state index contributed by atoms with van der Waals surface area (Å²) >= 11 is 0. The van der Waals surface area contributed by atoms with Crippen LogP contribution in [0.4, 0.5) is 0 Å². The van der Waals surface area contributed by atoms with Gasteiger partial charge in [0.2, 0.25) is 11.8 Å². The van der Waals surface area contributed by atoms with Crippen molar-refractivity contribution in [2.24, 2.45) is 5.92 Å². The highest BCUT2D eigenvalue weighted by Gasteiger charge is 2.32. The Bertz CT molecular complexity index is 541. The number of amides is 2. The number of hydrogen-bond acceptors (Lipinski definition) is 7. The second-order valence-electron chi connectivity index (χ2n) is 7.43. The number of allylic oxidation sites excluding steroid dienone is 1. The molecule has 9 heteroatoms. The second kappa shape index (κ2) is 26.4. The number of aliphatic carboxylic acids is 1. The molecular formula is C24H47NO4S4. The van der Waals surface area contributed by atoms with Crippen LogP contribution >= 0.6 is 43.2 Å². The number of nitrogens with zero attached hydrogens (tertiary/aromatic N) is 1. The number of carboxylic acids is 1. The first-order valence-corrected chi connectivity index (χ1v) is 16.6. The summed E-state index contributed by atoms with van der Waals surface area (Å²) in [5, 5.41) is 9.07. The number of hydrogen-bond donors (Lipinski definition) is 1. The molecule has 33 heavy (non-hydrogen) atoms. The molecule has 0 bridgehead atoms. The van der Waals surface area contributed by atoms with Crippen LogP contribution in [0.1, 0.15) is 87.5 Å². The molecule has 0 aromatic rings. The Balaban J connectivity index is -0.000000366. The molecule has 0 aromatic carbocycles. The van der Waals surface area contributed by atoms with E-state index >= 15 is 0 Å². The van der Waals surface area contributed by atoms with E-state index in [-0.39, 0.29) is 17.7 Å². The molecule has 1 rings (SSSR count). The predicted molar refractivity (Wildman–Crippen MR) is 154 cm³/mol. The molecule has 0 radical (unpaired) electrons. The highest BCUT2D eigenvalue weighted by atomic mass is 33.1. The Morgan fingerprint density at radius 2 is 1.67 bits per heavy atom. The van der Waals surface area contributed by atoms with Gasteiger partial charge in [0.25, 0.3) is 0 Å². The summed E-state index contributed by atoms with van der Waals surface area (Å²) in [5.41, 5.74) is 0.935. The van der Waals surface area contributed by atoms with Crippen molar-refractivity contribution in [3.8, 4) is 0 Å². The standard InChI is InChI=1S/C7H12O2.C6H9NO2.C6H14S2.C5H12S2/c1-3-4-6(2)5-7(8)9;1-4-3-5(8)7(2)6(4)9;1-4-6(3)8-7-5-2;1-3-5-7-6-4-2/h5H,3-4H2,1-2H3,(H,8,9);4H,3H2,1-2H3;6H,4-5H2,1-3H3;3-5H2,1-2H3. The quantitative estimate of drug-likeness (QED) is 0.123. The summed E-state index contributed by atoms with van der Waals surface area (Å²) in [6, 6.07) is 0. The minimum absolute atomic E-state index is 0.0556. The van der Waals surface area contributed by atoms with Gasteiger partial charge in [0, 0.05) is 48.0 Å². The summed E-state index contributed by atoms with van der Waals surface area (Å²) in [6.07, 6.45) is 6.12. The topological polar surface area (TPSA) is 74.7 Å². The molecule has 1 heterocycles. The molecule has 2 atom stereocenters. The number of likely N-dealkylation sites (tertiary alicyclic amines) is 1. The first kappa shape index (κ1) is 37.3. The van der Waals surface area contributed by atoms with Crippen molar-refractivity contribution in [1.82, 2.24) is 4.90 Å². The summed E-state index contributed by atoms with van der Waals surface area (Å²) < 4.78 is 0. The van der Waals surface area contributed by atoms with Crippen LogP contribution in [0, 0.1) is 5.92 Å². The largest absolute Gasteiger partial charge is 0.478 e. The lowest BCUT2D eigenvalue weighted by atomic mass is 10.1. The molecule has 2 amide bonds. The van der Waals surface area contributed by atoms with E-state index in [1.54, 1.807) is 6.92 Å². The summed E-state index contributed by atoms with van der Waals surface area (Å²) in [6.45, 7) is 16.7. The van der Waals surface area contributed by atoms with E-state index in [1.165, 1.54) is 48.1 Å². The second-order valence-corrected chi connectivity index (χ2v) is 13.4. The first-order chi connectivity index (χ1) is 15.5. The molecule has 1 saturated heterocycles. The SMILES string of the molecule is CC1CC(=O)N(C)C1=O.CCCC(C)=CC(=O)O.CCCSSCC.CCSSC(C)CC. The third-order valence-corrected chi connectivity index (χ3v) is 9.85. The third kappa shape index (κ3) is 26.2. The third-order valence-electron chi connectivity index (χ3n) is 4.03.